The lowest BCUT2D eigenvalue weighted by molar-refractivity contribution is 0.0955. The lowest BCUT2D eigenvalue weighted by Crippen LogP contribution is -2.18. The normalized spacial score (nSPS) is 11.1. The number of amides is 1. The molecule has 3 rings (SSSR count). The van der Waals surface area contributed by atoms with Gasteiger partial charge in [0.25, 0.3) is 5.91 Å². The van der Waals surface area contributed by atoms with Gasteiger partial charge >= 0.3 is 0 Å². The van der Waals surface area contributed by atoms with Crippen LogP contribution in [0, 0.1) is 6.92 Å². The average Bonchev–Trinajstić information content (AvgIpc) is 2.88. The number of hydrogen-bond donors (Lipinski definition) is 1. The molecule has 2 aromatic carbocycles. The molecule has 1 N–H and O–H groups in total. The minimum absolute atomic E-state index is 0.339. The van der Waals surface area contributed by atoms with Gasteiger partial charge in [-0.15, -0.1) is 6.58 Å². The van der Waals surface area contributed by atoms with Crippen molar-refractivity contribution < 1.29 is 4.79 Å². The van der Waals surface area contributed by atoms with E-state index in [0.717, 1.165) is 22.2 Å². The van der Waals surface area contributed by atoms with Crippen molar-refractivity contribution in [2.24, 2.45) is 5.10 Å². The van der Waals surface area contributed by atoms with Crippen LogP contribution in [0.3, 0.4) is 0 Å². The second kappa shape index (κ2) is 7.36. The number of benzene rings is 2. The lowest BCUT2D eigenvalue weighted by atomic mass is 10.1. The monoisotopic (exact) mass is 351 g/mol. The van der Waals surface area contributed by atoms with Crippen LogP contribution in [0.25, 0.3) is 10.9 Å². The van der Waals surface area contributed by atoms with Crippen molar-refractivity contribution in [1.82, 2.24) is 9.99 Å². The van der Waals surface area contributed by atoms with E-state index in [0.29, 0.717) is 17.1 Å². The Hall–Kier alpha value is -2.85. The van der Waals surface area contributed by atoms with Crippen LogP contribution >= 0.6 is 11.6 Å². The predicted molar refractivity (Wildman–Crippen MR) is 103 cm³/mol. The van der Waals surface area contributed by atoms with Gasteiger partial charge in [0.2, 0.25) is 0 Å². The molecule has 0 bridgehead atoms. The molecule has 0 spiro atoms. The minimum Gasteiger partial charge on any atom is -0.340 e. The highest BCUT2D eigenvalue weighted by Gasteiger charge is 2.12. The van der Waals surface area contributed by atoms with Gasteiger partial charge in [0.15, 0.2) is 0 Å². The topological polar surface area (TPSA) is 46.4 Å². The molecule has 0 aliphatic heterocycles. The summed E-state index contributed by atoms with van der Waals surface area (Å²) in [5.41, 5.74) is 6.08. The van der Waals surface area contributed by atoms with E-state index >= 15 is 0 Å². The van der Waals surface area contributed by atoms with Crippen LogP contribution in [0.1, 0.15) is 21.6 Å². The number of carbonyl (C=O) groups is 1. The second-order valence-electron chi connectivity index (χ2n) is 5.59. The third-order valence-corrected chi connectivity index (χ3v) is 4.40. The maximum Gasteiger partial charge on any atom is 0.272 e. The molecule has 0 aliphatic carbocycles. The Bertz CT molecular complexity index is 972. The zero-order valence-electron chi connectivity index (χ0n) is 13.9. The van der Waals surface area contributed by atoms with E-state index in [1.807, 2.05) is 31.2 Å². The Kier molecular flexibility index (Phi) is 5.00. The minimum atomic E-state index is -0.339. The van der Waals surface area contributed by atoms with E-state index in [9.17, 15) is 4.79 Å². The molecule has 5 heteroatoms. The van der Waals surface area contributed by atoms with Crippen LogP contribution in [-0.2, 0) is 6.54 Å². The van der Waals surface area contributed by atoms with Gasteiger partial charge < -0.3 is 4.57 Å². The highest BCUT2D eigenvalue weighted by Crippen LogP contribution is 2.24. The summed E-state index contributed by atoms with van der Waals surface area (Å²) in [5.74, 6) is -0.339. The van der Waals surface area contributed by atoms with E-state index in [4.69, 9.17) is 11.6 Å². The lowest BCUT2D eigenvalue weighted by Gasteiger charge is -2.04. The number of hydrogen-bond acceptors (Lipinski definition) is 2. The van der Waals surface area contributed by atoms with Crippen LogP contribution < -0.4 is 5.43 Å². The molecule has 0 saturated heterocycles. The third kappa shape index (κ3) is 3.35. The number of hydrazone groups is 1. The molecule has 0 fully saturated rings. The van der Waals surface area contributed by atoms with Gasteiger partial charge in [-0.05, 0) is 25.1 Å². The Morgan fingerprint density at radius 1 is 1.24 bits per heavy atom. The summed E-state index contributed by atoms with van der Waals surface area (Å²) in [6, 6.07) is 15.0. The van der Waals surface area contributed by atoms with Crippen molar-refractivity contribution >= 4 is 34.6 Å². The van der Waals surface area contributed by atoms with Crippen LogP contribution in [0.15, 0.2) is 66.3 Å². The summed E-state index contributed by atoms with van der Waals surface area (Å²) in [6.45, 7) is 6.56. The van der Waals surface area contributed by atoms with Crippen molar-refractivity contribution in [3.63, 3.8) is 0 Å². The number of fused-ring (bicyclic) bond motifs is 1. The summed E-state index contributed by atoms with van der Waals surface area (Å²) in [5, 5.41) is 5.60. The summed E-state index contributed by atoms with van der Waals surface area (Å²) in [7, 11) is 0. The Morgan fingerprint density at radius 2 is 1.96 bits per heavy atom. The molecular formula is C20H18ClN3O. The first-order valence-electron chi connectivity index (χ1n) is 7.90. The standard InChI is InChI=1S/C20H18ClN3O/c1-3-12-24-14(2)17(15-8-5-7-11-19(15)24)13-22-23-20(25)16-9-4-6-10-18(16)21/h3-11,13H,1,12H2,2H3,(H,23,25)/b22-13-. The van der Waals surface area contributed by atoms with E-state index in [-0.39, 0.29) is 5.91 Å². The van der Waals surface area contributed by atoms with Crippen molar-refractivity contribution in [1.29, 1.82) is 0 Å². The average molecular weight is 352 g/mol. The Labute approximate surface area is 151 Å². The fourth-order valence-corrected chi connectivity index (χ4v) is 3.07. The van der Waals surface area contributed by atoms with Gasteiger partial charge in [0.05, 0.1) is 16.8 Å². The summed E-state index contributed by atoms with van der Waals surface area (Å²) in [6.07, 6.45) is 3.53. The third-order valence-electron chi connectivity index (χ3n) is 4.07. The van der Waals surface area contributed by atoms with E-state index in [1.54, 1.807) is 30.5 Å². The predicted octanol–water partition coefficient (Wildman–Crippen LogP) is 4.55. The zero-order valence-corrected chi connectivity index (χ0v) is 14.6. The first kappa shape index (κ1) is 17.0. The highest BCUT2D eigenvalue weighted by molar-refractivity contribution is 6.33. The number of allylic oxidation sites excluding steroid dienone is 1. The van der Waals surface area contributed by atoms with Gasteiger partial charge in [-0.2, -0.15) is 5.10 Å². The second-order valence-corrected chi connectivity index (χ2v) is 6.00. The SMILES string of the molecule is C=CCn1c(C)c(/C=N\NC(=O)c2ccccc2Cl)c2ccccc21. The van der Waals surface area contributed by atoms with E-state index in [2.05, 4.69) is 27.7 Å². The molecule has 0 unspecified atom stereocenters. The van der Waals surface area contributed by atoms with Gasteiger partial charge in [0, 0.05) is 28.7 Å². The number of rotatable bonds is 5. The molecular weight excluding hydrogens is 334 g/mol. The number of aromatic nitrogens is 1. The quantitative estimate of drug-likeness (QED) is 0.409. The number of halogens is 1. The Morgan fingerprint density at radius 3 is 2.72 bits per heavy atom. The van der Waals surface area contributed by atoms with Crippen molar-refractivity contribution in [3.8, 4) is 0 Å². The molecule has 25 heavy (non-hydrogen) atoms. The number of carbonyl (C=O) groups excluding carboxylic acids is 1. The molecule has 1 heterocycles. The first-order valence-corrected chi connectivity index (χ1v) is 8.28. The molecule has 3 aromatic rings. The summed E-state index contributed by atoms with van der Waals surface area (Å²) in [4.78, 5) is 12.2. The summed E-state index contributed by atoms with van der Waals surface area (Å²) < 4.78 is 2.17. The number of nitrogens with zero attached hydrogens (tertiary/aromatic N) is 2. The maximum atomic E-state index is 12.2. The molecule has 126 valence electrons. The van der Waals surface area contributed by atoms with E-state index in [1.165, 1.54) is 0 Å². The molecule has 0 atom stereocenters. The van der Waals surface area contributed by atoms with Gasteiger partial charge in [-0.3, -0.25) is 4.79 Å². The van der Waals surface area contributed by atoms with Gasteiger partial charge in [-0.1, -0.05) is 48.0 Å². The van der Waals surface area contributed by atoms with Crippen molar-refractivity contribution in [3.05, 3.63) is 83.0 Å². The molecule has 1 amide bonds. The van der Waals surface area contributed by atoms with Crippen LogP contribution in [0.2, 0.25) is 5.02 Å². The van der Waals surface area contributed by atoms with Gasteiger partial charge in [-0.25, -0.2) is 5.43 Å². The summed E-state index contributed by atoms with van der Waals surface area (Å²) >= 11 is 6.03. The zero-order chi connectivity index (χ0) is 17.8. The Balaban J connectivity index is 1.89. The molecule has 0 aliphatic rings. The number of para-hydroxylation sites is 1. The van der Waals surface area contributed by atoms with Crippen LogP contribution in [-0.4, -0.2) is 16.7 Å². The van der Waals surface area contributed by atoms with Crippen molar-refractivity contribution in [2.45, 2.75) is 13.5 Å². The van der Waals surface area contributed by atoms with Crippen LogP contribution in [0.4, 0.5) is 0 Å². The van der Waals surface area contributed by atoms with Gasteiger partial charge in [0.1, 0.15) is 0 Å². The first-order chi connectivity index (χ1) is 12.1. The maximum absolute atomic E-state index is 12.2. The van der Waals surface area contributed by atoms with Crippen LogP contribution in [0.5, 0.6) is 0 Å². The number of nitrogens with one attached hydrogen (secondary N) is 1. The largest absolute Gasteiger partial charge is 0.340 e. The molecule has 0 saturated carbocycles. The highest BCUT2D eigenvalue weighted by atomic mass is 35.5. The fraction of sp³-hybridized carbons (Fsp3) is 0.100. The van der Waals surface area contributed by atoms with E-state index < -0.39 is 0 Å². The fourth-order valence-electron chi connectivity index (χ4n) is 2.85. The molecule has 4 nitrogen and oxygen atoms in total. The molecule has 0 radical (unpaired) electrons. The molecule has 1 aromatic heterocycles. The smallest absolute Gasteiger partial charge is 0.272 e. The van der Waals surface area contributed by atoms with Crippen molar-refractivity contribution in [2.75, 3.05) is 0 Å².